The van der Waals surface area contributed by atoms with E-state index >= 15 is 0 Å². The molecule has 0 aliphatic carbocycles. The summed E-state index contributed by atoms with van der Waals surface area (Å²) >= 11 is 1.49. The maximum atomic E-state index is 13.0. The lowest BCUT2D eigenvalue weighted by Crippen LogP contribution is -2.56. The maximum Gasteiger partial charge on any atom is 0.408 e. The van der Waals surface area contributed by atoms with Gasteiger partial charge in [-0.25, -0.2) is 9.78 Å². The molecule has 0 spiro atoms. The molecule has 0 fully saturated rings. The molecule has 1 aromatic carbocycles. The lowest BCUT2D eigenvalue weighted by molar-refractivity contribution is -0.140. The van der Waals surface area contributed by atoms with Gasteiger partial charge in [0.25, 0.3) is 5.91 Å². The molecule has 10 heteroatoms. The zero-order valence-electron chi connectivity index (χ0n) is 18.6. The molecular weight excluding hydrogens is 444 g/mol. The monoisotopic (exact) mass is 472 g/mol. The van der Waals surface area contributed by atoms with E-state index in [-0.39, 0.29) is 18.9 Å². The minimum atomic E-state index is -1.08. The van der Waals surface area contributed by atoms with Gasteiger partial charge in [0.2, 0.25) is 11.7 Å². The molecule has 1 aliphatic heterocycles. The molecule has 0 saturated carbocycles. The van der Waals surface area contributed by atoms with Crippen LogP contribution < -0.4 is 16.0 Å². The highest BCUT2D eigenvalue weighted by atomic mass is 32.1. The van der Waals surface area contributed by atoms with E-state index in [1.165, 1.54) is 11.3 Å². The Labute approximate surface area is 196 Å². The Morgan fingerprint density at radius 2 is 2.00 bits per heavy atom. The molecule has 3 N–H and O–H groups in total. The summed E-state index contributed by atoms with van der Waals surface area (Å²) in [6, 6.07) is 7.14. The number of aromatic nitrogens is 1. The number of rotatable bonds is 6. The van der Waals surface area contributed by atoms with Crippen molar-refractivity contribution in [3.05, 3.63) is 52.0 Å². The van der Waals surface area contributed by atoms with Gasteiger partial charge >= 0.3 is 6.09 Å². The van der Waals surface area contributed by atoms with Gasteiger partial charge in [-0.3, -0.25) is 14.4 Å². The van der Waals surface area contributed by atoms with E-state index in [9.17, 15) is 19.2 Å². The van der Waals surface area contributed by atoms with Crippen LogP contribution in [-0.4, -0.2) is 47.3 Å². The number of hydrogen-bond donors (Lipinski definition) is 3. The zero-order chi connectivity index (χ0) is 23.8. The number of Topliss-reactive ketones (excluding diaryl/α,β-unsaturated/α-hetero) is 1. The van der Waals surface area contributed by atoms with Crippen molar-refractivity contribution < 1.29 is 23.9 Å². The summed E-state index contributed by atoms with van der Waals surface area (Å²) in [5.41, 5.74) is 3.21. The molecule has 9 nitrogen and oxygen atoms in total. The van der Waals surface area contributed by atoms with Gasteiger partial charge in [-0.05, 0) is 24.3 Å². The second-order valence-electron chi connectivity index (χ2n) is 8.14. The highest BCUT2D eigenvalue weighted by Gasteiger charge is 2.33. The fourth-order valence-electron chi connectivity index (χ4n) is 3.45. The summed E-state index contributed by atoms with van der Waals surface area (Å²) in [4.78, 5) is 55.7. The minimum absolute atomic E-state index is 0.0625. The molecule has 3 amide bonds. The summed E-state index contributed by atoms with van der Waals surface area (Å²) in [5, 5.41) is 7.82. The first-order valence-corrected chi connectivity index (χ1v) is 11.7. The van der Waals surface area contributed by atoms with Crippen LogP contribution in [0.25, 0.3) is 0 Å². The van der Waals surface area contributed by atoms with Crippen molar-refractivity contribution in [2.45, 2.75) is 51.8 Å². The van der Waals surface area contributed by atoms with Crippen LogP contribution in [-0.2, 0) is 38.6 Å². The number of thiazole rings is 1. The van der Waals surface area contributed by atoms with Crippen LogP contribution in [0.1, 0.15) is 36.4 Å². The standard InChI is InChI=1S/C23H28N4O5S/c1-14(2)19(27-23(31)32-12-15-7-4-3-5-8-15)21(29)26-17-11-16-18(33-13-25-16)9-6-10-24-22(30)20(17)28/h3-5,7-8,13-14,17,19H,6,9-12H2,1-2H3,(H,24,30)(H,26,29)(H,27,31). The maximum absolute atomic E-state index is 13.0. The predicted molar refractivity (Wildman–Crippen MR) is 122 cm³/mol. The van der Waals surface area contributed by atoms with E-state index in [4.69, 9.17) is 4.74 Å². The van der Waals surface area contributed by atoms with Crippen LogP contribution in [0.2, 0.25) is 0 Å². The highest BCUT2D eigenvalue weighted by Crippen LogP contribution is 2.18. The number of carbonyl (C=O) groups is 4. The number of nitrogens with zero attached hydrogens (tertiary/aromatic N) is 1. The second kappa shape index (κ2) is 11.6. The van der Waals surface area contributed by atoms with Crippen LogP contribution in [0.15, 0.2) is 35.8 Å². The number of ketones is 1. The van der Waals surface area contributed by atoms with Gasteiger partial charge in [0, 0.05) is 17.8 Å². The van der Waals surface area contributed by atoms with Crippen molar-refractivity contribution in [1.82, 2.24) is 20.9 Å². The molecule has 33 heavy (non-hydrogen) atoms. The van der Waals surface area contributed by atoms with Crippen LogP contribution in [0.3, 0.4) is 0 Å². The predicted octanol–water partition coefficient (Wildman–Crippen LogP) is 1.75. The van der Waals surface area contributed by atoms with Gasteiger partial charge < -0.3 is 20.7 Å². The largest absolute Gasteiger partial charge is 0.445 e. The molecule has 1 aliphatic rings. The van der Waals surface area contributed by atoms with E-state index in [1.807, 2.05) is 30.3 Å². The van der Waals surface area contributed by atoms with Crippen molar-refractivity contribution >= 4 is 35.0 Å². The third-order valence-corrected chi connectivity index (χ3v) is 6.22. The van der Waals surface area contributed by atoms with Crippen LogP contribution >= 0.6 is 11.3 Å². The summed E-state index contributed by atoms with van der Waals surface area (Å²) in [6.45, 7) is 3.96. The smallest absolute Gasteiger partial charge is 0.408 e. The second-order valence-corrected chi connectivity index (χ2v) is 9.08. The molecule has 2 atom stereocenters. The lowest BCUT2D eigenvalue weighted by atomic mass is 10.00. The number of fused-ring (bicyclic) bond motifs is 1. The Morgan fingerprint density at radius 3 is 2.73 bits per heavy atom. The molecule has 2 aromatic rings. The Balaban J connectivity index is 1.67. The number of carbonyl (C=O) groups excluding carboxylic acids is 4. The lowest BCUT2D eigenvalue weighted by Gasteiger charge is -2.25. The van der Waals surface area contributed by atoms with Crippen molar-refractivity contribution in [1.29, 1.82) is 0 Å². The third-order valence-electron chi connectivity index (χ3n) is 5.28. The third kappa shape index (κ3) is 6.85. The Hall–Kier alpha value is -3.27. The summed E-state index contributed by atoms with van der Waals surface area (Å²) in [5.74, 6) is -2.33. The number of aryl methyl sites for hydroxylation is 1. The van der Waals surface area contributed by atoms with Crippen LogP contribution in [0, 0.1) is 5.92 Å². The number of hydrogen-bond acceptors (Lipinski definition) is 7. The SMILES string of the molecule is CC(C)C(NC(=O)OCc1ccccc1)C(=O)NC1Cc2ncsc2CCCNC(=O)C1=O. The van der Waals surface area contributed by atoms with Crippen molar-refractivity contribution in [2.24, 2.45) is 5.92 Å². The van der Waals surface area contributed by atoms with Gasteiger partial charge in [-0.1, -0.05) is 44.2 Å². The van der Waals surface area contributed by atoms with Gasteiger partial charge in [0.1, 0.15) is 18.7 Å². The van der Waals surface area contributed by atoms with Crippen molar-refractivity contribution in [3.8, 4) is 0 Å². The van der Waals surface area contributed by atoms with E-state index in [2.05, 4.69) is 20.9 Å². The van der Waals surface area contributed by atoms with Gasteiger partial charge in [0.15, 0.2) is 0 Å². The van der Waals surface area contributed by atoms with Crippen LogP contribution in [0.4, 0.5) is 4.79 Å². The first-order chi connectivity index (χ1) is 15.8. The van der Waals surface area contributed by atoms with E-state index in [0.717, 1.165) is 16.9 Å². The molecule has 2 unspecified atom stereocenters. The van der Waals surface area contributed by atoms with E-state index < -0.39 is 35.8 Å². The fourth-order valence-corrected chi connectivity index (χ4v) is 4.29. The molecule has 0 radical (unpaired) electrons. The van der Waals surface area contributed by atoms with Gasteiger partial charge in [-0.15, -0.1) is 11.3 Å². The van der Waals surface area contributed by atoms with Crippen molar-refractivity contribution in [3.63, 3.8) is 0 Å². The first-order valence-electron chi connectivity index (χ1n) is 10.9. The molecule has 3 rings (SSSR count). The molecule has 0 bridgehead atoms. The molecule has 2 heterocycles. The van der Waals surface area contributed by atoms with E-state index in [0.29, 0.717) is 18.7 Å². The number of amides is 3. The minimum Gasteiger partial charge on any atom is -0.445 e. The molecular formula is C23H28N4O5S. The summed E-state index contributed by atoms with van der Waals surface area (Å²) in [7, 11) is 0. The zero-order valence-corrected chi connectivity index (χ0v) is 19.4. The molecule has 1 aromatic heterocycles. The molecule has 176 valence electrons. The number of alkyl carbamates (subject to hydrolysis) is 1. The Bertz CT molecular complexity index is 992. The van der Waals surface area contributed by atoms with E-state index in [1.54, 1.807) is 19.4 Å². The number of benzene rings is 1. The fraction of sp³-hybridized carbons (Fsp3) is 0.435. The summed E-state index contributed by atoms with van der Waals surface area (Å²) < 4.78 is 5.22. The topological polar surface area (TPSA) is 126 Å². The van der Waals surface area contributed by atoms with Crippen LogP contribution in [0.5, 0.6) is 0 Å². The number of ether oxygens (including phenoxy) is 1. The quantitative estimate of drug-likeness (QED) is 0.550. The highest BCUT2D eigenvalue weighted by molar-refractivity contribution is 7.09. The Kier molecular flexibility index (Phi) is 8.53. The number of nitrogens with one attached hydrogen (secondary N) is 3. The van der Waals surface area contributed by atoms with Gasteiger partial charge in [-0.2, -0.15) is 0 Å². The average Bonchev–Trinajstić information content (AvgIpc) is 3.24. The average molecular weight is 473 g/mol. The first kappa shape index (κ1) is 24.4. The normalized spacial score (nSPS) is 17.5. The summed E-state index contributed by atoms with van der Waals surface area (Å²) in [6.07, 6.45) is 0.804. The Morgan fingerprint density at radius 1 is 1.24 bits per heavy atom. The van der Waals surface area contributed by atoms with Crippen molar-refractivity contribution in [2.75, 3.05) is 6.54 Å². The van der Waals surface area contributed by atoms with Gasteiger partial charge in [0.05, 0.1) is 11.2 Å². The molecule has 0 saturated heterocycles.